The number of nitrogens with one attached hydrogen (secondary N) is 1. The molecule has 5 nitrogen and oxygen atoms in total. The Morgan fingerprint density at radius 1 is 1.27 bits per heavy atom. The van der Waals surface area contributed by atoms with E-state index < -0.39 is 0 Å². The zero-order chi connectivity index (χ0) is 15.8. The van der Waals surface area contributed by atoms with Crippen LogP contribution in [0.15, 0.2) is 29.3 Å². The number of ether oxygens (including phenoxy) is 1. The predicted molar refractivity (Wildman–Crippen MR) is 92.6 cm³/mol. The molecule has 0 aliphatic carbocycles. The molecule has 1 heterocycles. The molecule has 3 N–H and O–H groups in total. The molecule has 2 rings (SSSR count). The molecule has 1 saturated heterocycles. The molecule has 1 atom stereocenters. The van der Waals surface area contributed by atoms with Gasteiger partial charge in [-0.15, -0.1) is 0 Å². The van der Waals surface area contributed by atoms with E-state index >= 15 is 0 Å². The van der Waals surface area contributed by atoms with Gasteiger partial charge in [0.05, 0.1) is 7.11 Å². The second-order valence-corrected chi connectivity index (χ2v) is 5.85. The standard InChI is InChI=1S/C17H28N4O/c1-14(21-12-4-3-5-13-21)10-11-19-17(18)20-15-6-8-16(22-2)9-7-15/h6-9,14H,3-5,10-13H2,1-2H3,(H3,18,19,20). The van der Waals surface area contributed by atoms with Crippen molar-refractivity contribution in [2.75, 3.05) is 32.1 Å². The molecule has 1 aliphatic heterocycles. The number of guanidine groups is 1. The molecule has 0 saturated carbocycles. The first kappa shape index (κ1) is 16.6. The Bertz CT molecular complexity index is 466. The van der Waals surface area contributed by atoms with Crippen LogP contribution in [0.5, 0.6) is 5.75 Å². The number of methoxy groups -OCH3 is 1. The number of aliphatic imine (C=N–C) groups is 1. The van der Waals surface area contributed by atoms with Crippen molar-refractivity contribution in [2.24, 2.45) is 10.7 Å². The summed E-state index contributed by atoms with van der Waals surface area (Å²) >= 11 is 0. The van der Waals surface area contributed by atoms with Crippen LogP contribution in [0.3, 0.4) is 0 Å². The summed E-state index contributed by atoms with van der Waals surface area (Å²) < 4.78 is 5.13. The fraction of sp³-hybridized carbons (Fsp3) is 0.588. The van der Waals surface area contributed by atoms with Crippen LogP contribution in [-0.4, -0.2) is 43.6 Å². The van der Waals surface area contributed by atoms with Crippen molar-refractivity contribution in [3.8, 4) is 5.75 Å². The van der Waals surface area contributed by atoms with Crippen molar-refractivity contribution in [1.29, 1.82) is 0 Å². The van der Waals surface area contributed by atoms with Gasteiger partial charge in [-0.1, -0.05) is 6.42 Å². The summed E-state index contributed by atoms with van der Waals surface area (Å²) in [6.07, 6.45) is 5.08. The molecule has 1 aromatic carbocycles. The van der Waals surface area contributed by atoms with Crippen LogP contribution in [0, 0.1) is 0 Å². The molecule has 1 aromatic rings. The second kappa shape index (κ2) is 8.63. The van der Waals surface area contributed by atoms with Gasteiger partial charge < -0.3 is 20.7 Å². The molecule has 1 fully saturated rings. The molecule has 0 aromatic heterocycles. The van der Waals surface area contributed by atoms with Gasteiger partial charge in [-0.25, -0.2) is 0 Å². The zero-order valence-corrected chi connectivity index (χ0v) is 13.7. The van der Waals surface area contributed by atoms with Crippen molar-refractivity contribution < 1.29 is 4.74 Å². The average molecular weight is 304 g/mol. The van der Waals surface area contributed by atoms with E-state index in [0.29, 0.717) is 12.0 Å². The Balaban J connectivity index is 1.74. The van der Waals surface area contributed by atoms with Gasteiger partial charge >= 0.3 is 0 Å². The minimum atomic E-state index is 0.469. The van der Waals surface area contributed by atoms with E-state index in [1.165, 1.54) is 32.4 Å². The maximum atomic E-state index is 5.93. The van der Waals surface area contributed by atoms with E-state index in [2.05, 4.69) is 22.1 Å². The van der Waals surface area contributed by atoms with Gasteiger partial charge in [0, 0.05) is 18.3 Å². The van der Waals surface area contributed by atoms with E-state index in [4.69, 9.17) is 10.5 Å². The van der Waals surface area contributed by atoms with Crippen molar-refractivity contribution in [2.45, 2.75) is 38.6 Å². The number of anilines is 1. The van der Waals surface area contributed by atoms with Crippen molar-refractivity contribution in [1.82, 2.24) is 4.90 Å². The number of hydrogen-bond donors (Lipinski definition) is 2. The third kappa shape index (κ3) is 5.22. The Labute approximate surface area is 133 Å². The molecule has 0 amide bonds. The minimum Gasteiger partial charge on any atom is -0.497 e. The quantitative estimate of drug-likeness (QED) is 0.626. The number of nitrogens with two attached hydrogens (primary N) is 1. The summed E-state index contributed by atoms with van der Waals surface area (Å²) in [5, 5.41) is 3.11. The molecule has 5 heteroatoms. The van der Waals surface area contributed by atoms with Crippen LogP contribution in [0.1, 0.15) is 32.6 Å². The summed E-state index contributed by atoms with van der Waals surface area (Å²) in [6.45, 7) is 5.50. The number of hydrogen-bond acceptors (Lipinski definition) is 3. The number of rotatable bonds is 6. The first-order valence-corrected chi connectivity index (χ1v) is 8.14. The van der Waals surface area contributed by atoms with Gasteiger partial charge in [0.15, 0.2) is 5.96 Å². The van der Waals surface area contributed by atoms with Gasteiger partial charge in [-0.2, -0.15) is 0 Å². The third-order valence-corrected chi connectivity index (χ3v) is 4.21. The molecule has 122 valence electrons. The van der Waals surface area contributed by atoms with E-state index in [1.54, 1.807) is 7.11 Å². The Kier molecular flexibility index (Phi) is 6.52. The molecule has 1 aliphatic rings. The van der Waals surface area contributed by atoms with E-state index in [0.717, 1.165) is 24.4 Å². The van der Waals surface area contributed by atoms with E-state index in [-0.39, 0.29) is 0 Å². The SMILES string of the molecule is COc1ccc(NC(N)=NCCC(C)N2CCCCC2)cc1. The van der Waals surface area contributed by atoms with Gasteiger partial charge in [0.2, 0.25) is 0 Å². The zero-order valence-electron chi connectivity index (χ0n) is 13.7. The van der Waals surface area contributed by atoms with Crippen molar-refractivity contribution in [3.05, 3.63) is 24.3 Å². The lowest BCUT2D eigenvalue weighted by Gasteiger charge is -2.32. The Morgan fingerprint density at radius 2 is 1.95 bits per heavy atom. The largest absolute Gasteiger partial charge is 0.497 e. The summed E-state index contributed by atoms with van der Waals surface area (Å²) in [5.41, 5.74) is 6.86. The summed E-state index contributed by atoms with van der Waals surface area (Å²) in [7, 11) is 1.65. The Morgan fingerprint density at radius 3 is 2.59 bits per heavy atom. The number of likely N-dealkylation sites (tertiary alicyclic amines) is 1. The molecule has 1 unspecified atom stereocenters. The lowest BCUT2D eigenvalue weighted by atomic mass is 10.1. The van der Waals surface area contributed by atoms with Gasteiger partial charge in [-0.05, 0) is 63.5 Å². The molecule has 22 heavy (non-hydrogen) atoms. The van der Waals surface area contributed by atoms with Gasteiger partial charge in [-0.3, -0.25) is 4.99 Å². The highest BCUT2D eigenvalue weighted by Gasteiger charge is 2.15. The highest BCUT2D eigenvalue weighted by atomic mass is 16.5. The van der Waals surface area contributed by atoms with Gasteiger partial charge in [0.1, 0.15) is 5.75 Å². The van der Waals surface area contributed by atoms with Crippen LogP contribution < -0.4 is 15.8 Å². The molecule has 0 bridgehead atoms. The van der Waals surface area contributed by atoms with E-state index in [1.807, 2.05) is 24.3 Å². The highest BCUT2D eigenvalue weighted by molar-refractivity contribution is 5.92. The third-order valence-electron chi connectivity index (χ3n) is 4.21. The summed E-state index contributed by atoms with van der Waals surface area (Å²) in [6, 6.07) is 8.23. The number of nitrogens with zero attached hydrogens (tertiary/aromatic N) is 2. The smallest absolute Gasteiger partial charge is 0.193 e. The van der Waals surface area contributed by atoms with Crippen LogP contribution in [0.25, 0.3) is 0 Å². The second-order valence-electron chi connectivity index (χ2n) is 5.85. The fourth-order valence-corrected chi connectivity index (χ4v) is 2.78. The topological polar surface area (TPSA) is 62.9 Å². The first-order valence-electron chi connectivity index (χ1n) is 8.14. The lowest BCUT2D eigenvalue weighted by Crippen LogP contribution is -2.37. The molecular formula is C17H28N4O. The lowest BCUT2D eigenvalue weighted by molar-refractivity contribution is 0.168. The Hall–Kier alpha value is -1.75. The van der Waals surface area contributed by atoms with Crippen LogP contribution >= 0.6 is 0 Å². The molecular weight excluding hydrogens is 276 g/mol. The summed E-state index contributed by atoms with van der Waals surface area (Å²) in [5.74, 6) is 1.30. The maximum Gasteiger partial charge on any atom is 0.193 e. The normalized spacial score (nSPS) is 18.0. The first-order chi connectivity index (χ1) is 10.7. The maximum absolute atomic E-state index is 5.93. The van der Waals surface area contributed by atoms with Crippen molar-refractivity contribution in [3.63, 3.8) is 0 Å². The van der Waals surface area contributed by atoms with E-state index in [9.17, 15) is 0 Å². The minimum absolute atomic E-state index is 0.469. The predicted octanol–water partition coefficient (Wildman–Crippen LogP) is 2.69. The monoisotopic (exact) mass is 304 g/mol. The highest BCUT2D eigenvalue weighted by Crippen LogP contribution is 2.15. The number of piperidine rings is 1. The van der Waals surface area contributed by atoms with Gasteiger partial charge in [0.25, 0.3) is 0 Å². The molecule has 0 radical (unpaired) electrons. The van der Waals surface area contributed by atoms with Crippen LogP contribution in [-0.2, 0) is 0 Å². The van der Waals surface area contributed by atoms with Crippen LogP contribution in [0.2, 0.25) is 0 Å². The summed E-state index contributed by atoms with van der Waals surface area (Å²) in [4.78, 5) is 6.98. The molecule has 0 spiro atoms. The number of benzene rings is 1. The van der Waals surface area contributed by atoms with Crippen molar-refractivity contribution >= 4 is 11.6 Å². The average Bonchev–Trinajstić information content (AvgIpc) is 2.56. The fourth-order valence-electron chi connectivity index (χ4n) is 2.78. The van der Waals surface area contributed by atoms with Crippen LogP contribution in [0.4, 0.5) is 5.69 Å².